The summed E-state index contributed by atoms with van der Waals surface area (Å²) in [7, 11) is 0. The maximum absolute atomic E-state index is 11.8. The van der Waals surface area contributed by atoms with Gasteiger partial charge in [-0.05, 0) is 29.8 Å². The molecule has 0 spiro atoms. The van der Waals surface area contributed by atoms with Gasteiger partial charge >= 0.3 is 5.97 Å². The van der Waals surface area contributed by atoms with Crippen LogP contribution >= 0.6 is 0 Å². The van der Waals surface area contributed by atoms with Crippen LogP contribution in [0.15, 0.2) is 12.1 Å². The summed E-state index contributed by atoms with van der Waals surface area (Å²) in [4.78, 5) is 23.1. The van der Waals surface area contributed by atoms with E-state index in [0.717, 1.165) is 0 Å². The van der Waals surface area contributed by atoms with E-state index >= 15 is 0 Å². The molecule has 0 aliphatic carbocycles. The number of hydrogen-bond acceptors (Lipinski definition) is 7. The summed E-state index contributed by atoms with van der Waals surface area (Å²) in [6, 6.07) is 3.02. The van der Waals surface area contributed by atoms with E-state index < -0.39 is 11.9 Å². The number of aromatic nitrogens is 4. The first-order valence-electron chi connectivity index (χ1n) is 6.10. The highest BCUT2D eigenvalue weighted by Gasteiger charge is 2.17. The van der Waals surface area contributed by atoms with E-state index in [-0.39, 0.29) is 29.4 Å². The molecule has 2 rings (SSSR count). The molecular formula is C12H13N5O4. The number of rotatable bonds is 4. The molecule has 21 heavy (non-hydrogen) atoms. The van der Waals surface area contributed by atoms with Crippen molar-refractivity contribution in [2.75, 3.05) is 5.32 Å². The Morgan fingerprint density at radius 1 is 1.43 bits per heavy atom. The number of phenolic OH excluding ortho intramolecular Hbond substituents is 1. The van der Waals surface area contributed by atoms with Gasteiger partial charge in [0, 0.05) is 6.42 Å². The van der Waals surface area contributed by atoms with Gasteiger partial charge in [0.2, 0.25) is 0 Å². The number of benzene rings is 1. The van der Waals surface area contributed by atoms with Gasteiger partial charge in [0.05, 0.1) is 5.69 Å². The SMILES string of the molecule is CCC(=O)Oc1cc(C)cc(NC(=O)c2nn[nH]n2)c1O. The number of anilines is 1. The number of amides is 1. The first-order chi connectivity index (χ1) is 10.0. The zero-order valence-corrected chi connectivity index (χ0v) is 11.4. The minimum atomic E-state index is -0.655. The van der Waals surface area contributed by atoms with E-state index in [9.17, 15) is 14.7 Å². The molecule has 3 N–H and O–H groups in total. The van der Waals surface area contributed by atoms with Gasteiger partial charge in [0.15, 0.2) is 11.5 Å². The van der Waals surface area contributed by atoms with Crippen molar-refractivity contribution in [3.63, 3.8) is 0 Å². The van der Waals surface area contributed by atoms with E-state index in [1.807, 2.05) is 0 Å². The molecule has 9 nitrogen and oxygen atoms in total. The zero-order chi connectivity index (χ0) is 15.4. The summed E-state index contributed by atoms with van der Waals surface area (Å²) in [6.07, 6.45) is 0.165. The number of tetrazole rings is 1. The minimum Gasteiger partial charge on any atom is -0.503 e. The lowest BCUT2D eigenvalue weighted by Gasteiger charge is -2.11. The van der Waals surface area contributed by atoms with Crippen molar-refractivity contribution in [3.05, 3.63) is 23.5 Å². The average Bonchev–Trinajstić information content (AvgIpc) is 2.97. The van der Waals surface area contributed by atoms with Crippen molar-refractivity contribution in [2.24, 2.45) is 0 Å². The van der Waals surface area contributed by atoms with Gasteiger partial charge in [0.1, 0.15) is 0 Å². The molecule has 0 atom stereocenters. The molecule has 0 bridgehead atoms. The minimum absolute atomic E-state index is 0.0229. The van der Waals surface area contributed by atoms with Crippen LogP contribution in [-0.2, 0) is 4.79 Å². The van der Waals surface area contributed by atoms with Gasteiger partial charge in [-0.3, -0.25) is 9.59 Å². The highest BCUT2D eigenvalue weighted by atomic mass is 16.5. The van der Waals surface area contributed by atoms with Gasteiger partial charge in [-0.15, -0.1) is 10.2 Å². The fourth-order valence-corrected chi connectivity index (χ4v) is 1.55. The molecular weight excluding hydrogens is 278 g/mol. The Morgan fingerprint density at radius 2 is 2.19 bits per heavy atom. The molecule has 0 radical (unpaired) electrons. The number of aromatic amines is 1. The molecule has 1 aromatic heterocycles. The smallest absolute Gasteiger partial charge is 0.311 e. The van der Waals surface area contributed by atoms with Crippen molar-refractivity contribution in [2.45, 2.75) is 20.3 Å². The maximum Gasteiger partial charge on any atom is 0.311 e. The highest BCUT2D eigenvalue weighted by Crippen LogP contribution is 2.35. The number of phenols is 1. The normalized spacial score (nSPS) is 10.2. The molecule has 0 aliphatic heterocycles. The Kier molecular flexibility index (Phi) is 4.12. The Balaban J connectivity index is 2.27. The van der Waals surface area contributed by atoms with Crippen LogP contribution in [-0.4, -0.2) is 37.6 Å². The van der Waals surface area contributed by atoms with E-state index in [0.29, 0.717) is 5.56 Å². The summed E-state index contributed by atoms with van der Waals surface area (Å²) < 4.78 is 5.00. The first kappa shape index (κ1) is 14.4. The Bertz CT molecular complexity index is 669. The van der Waals surface area contributed by atoms with Crippen LogP contribution in [0.2, 0.25) is 0 Å². The number of ether oxygens (including phenoxy) is 1. The number of aryl methyl sites for hydroxylation is 1. The van der Waals surface area contributed by atoms with Crippen LogP contribution in [0.25, 0.3) is 0 Å². The van der Waals surface area contributed by atoms with E-state index in [1.54, 1.807) is 13.8 Å². The van der Waals surface area contributed by atoms with Gasteiger partial charge in [0.25, 0.3) is 11.7 Å². The third-order valence-corrected chi connectivity index (χ3v) is 2.53. The van der Waals surface area contributed by atoms with Crippen LogP contribution in [0, 0.1) is 6.92 Å². The number of nitrogens with one attached hydrogen (secondary N) is 2. The van der Waals surface area contributed by atoms with E-state index in [4.69, 9.17) is 4.74 Å². The van der Waals surface area contributed by atoms with Crippen molar-refractivity contribution in [1.29, 1.82) is 0 Å². The van der Waals surface area contributed by atoms with Crippen molar-refractivity contribution in [1.82, 2.24) is 20.6 Å². The second-order valence-electron chi connectivity index (χ2n) is 4.18. The Hall–Kier alpha value is -2.97. The fourth-order valence-electron chi connectivity index (χ4n) is 1.55. The molecule has 0 saturated heterocycles. The Labute approximate surface area is 119 Å². The van der Waals surface area contributed by atoms with Crippen LogP contribution in [0.5, 0.6) is 11.5 Å². The molecule has 0 saturated carbocycles. The average molecular weight is 291 g/mol. The number of aromatic hydroxyl groups is 1. The van der Waals surface area contributed by atoms with Crippen molar-refractivity contribution >= 4 is 17.6 Å². The molecule has 0 aliphatic rings. The van der Waals surface area contributed by atoms with Gasteiger partial charge in [-0.25, -0.2) is 0 Å². The largest absolute Gasteiger partial charge is 0.503 e. The van der Waals surface area contributed by atoms with E-state index in [1.165, 1.54) is 12.1 Å². The first-order valence-corrected chi connectivity index (χ1v) is 6.10. The number of carbonyl (C=O) groups excluding carboxylic acids is 2. The number of nitrogens with zero attached hydrogens (tertiary/aromatic N) is 3. The zero-order valence-electron chi connectivity index (χ0n) is 11.4. The van der Waals surface area contributed by atoms with Crippen LogP contribution in [0.1, 0.15) is 29.5 Å². The molecule has 2 aromatic rings. The molecule has 0 fully saturated rings. The lowest BCUT2D eigenvalue weighted by molar-refractivity contribution is -0.134. The third kappa shape index (κ3) is 3.32. The fraction of sp³-hybridized carbons (Fsp3) is 0.250. The summed E-state index contributed by atoms with van der Waals surface area (Å²) in [5.41, 5.74) is 0.777. The van der Waals surface area contributed by atoms with Crippen molar-refractivity contribution in [3.8, 4) is 11.5 Å². The summed E-state index contributed by atoms with van der Waals surface area (Å²) in [6.45, 7) is 3.36. The highest BCUT2D eigenvalue weighted by molar-refractivity contribution is 6.02. The molecule has 1 aromatic carbocycles. The topological polar surface area (TPSA) is 130 Å². The van der Waals surface area contributed by atoms with Crippen LogP contribution in [0.4, 0.5) is 5.69 Å². The van der Waals surface area contributed by atoms with Crippen molar-refractivity contribution < 1.29 is 19.4 Å². The van der Waals surface area contributed by atoms with Gasteiger partial charge in [-0.1, -0.05) is 6.92 Å². The Morgan fingerprint density at radius 3 is 2.81 bits per heavy atom. The number of carbonyl (C=O) groups is 2. The number of hydrogen-bond donors (Lipinski definition) is 3. The number of H-pyrrole nitrogens is 1. The molecule has 9 heteroatoms. The van der Waals surface area contributed by atoms with Crippen LogP contribution < -0.4 is 10.1 Å². The second kappa shape index (κ2) is 5.99. The lowest BCUT2D eigenvalue weighted by Crippen LogP contribution is -2.14. The summed E-state index contributed by atoms with van der Waals surface area (Å²) >= 11 is 0. The molecule has 1 amide bonds. The standard InChI is InChI=1S/C12H13N5O4/c1-3-9(18)21-8-5-6(2)4-7(10(8)19)13-12(20)11-14-16-17-15-11/h4-5,19H,3H2,1-2H3,(H,13,20)(H,14,15,16,17). The quantitative estimate of drug-likeness (QED) is 0.431. The lowest BCUT2D eigenvalue weighted by atomic mass is 10.2. The number of esters is 1. The summed E-state index contributed by atoms with van der Waals surface area (Å²) in [5.74, 6) is -1.70. The molecule has 110 valence electrons. The van der Waals surface area contributed by atoms with Gasteiger partial charge < -0.3 is 15.2 Å². The third-order valence-electron chi connectivity index (χ3n) is 2.53. The predicted octanol–water partition coefficient (Wildman–Crippen LogP) is 0.781. The summed E-state index contributed by atoms with van der Waals surface area (Å²) in [5, 5.41) is 24.9. The maximum atomic E-state index is 11.8. The monoisotopic (exact) mass is 291 g/mol. The predicted molar refractivity (Wildman–Crippen MR) is 70.9 cm³/mol. The van der Waals surface area contributed by atoms with Crippen LogP contribution in [0.3, 0.4) is 0 Å². The van der Waals surface area contributed by atoms with Gasteiger partial charge in [-0.2, -0.15) is 5.21 Å². The molecule has 1 heterocycles. The second-order valence-corrected chi connectivity index (χ2v) is 4.18. The molecule has 0 unspecified atom stereocenters. The van der Waals surface area contributed by atoms with E-state index in [2.05, 4.69) is 25.9 Å².